The van der Waals surface area contributed by atoms with E-state index in [2.05, 4.69) is 14.9 Å². The first-order valence-electron chi connectivity index (χ1n) is 8.51. The quantitative estimate of drug-likeness (QED) is 0.460. The maximum Gasteiger partial charge on any atom is 0.276 e. The third-order valence-corrected chi connectivity index (χ3v) is 6.18. The summed E-state index contributed by atoms with van der Waals surface area (Å²) in [5.74, 6) is 2.07. The number of rotatable bonds is 7. The number of thioether (sulfide) groups is 1. The van der Waals surface area contributed by atoms with Crippen LogP contribution in [-0.4, -0.2) is 37.5 Å². The second-order valence-corrected chi connectivity index (χ2v) is 8.64. The molecule has 0 fully saturated rings. The summed E-state index contributed by atoms with van der Waals surface area (Å²) in [6.07, 6.45) is -0.478. The molecule has 1 N–H and O–H groups in total. The second-order valence-electron chi connectivity index (χ2n) is 5.83. The van der Waals surface area contributed by atoms with E-state index < -0.39 is 16.1 Å². The van der Waals surface area contributed by atoms with Gasteiger partial charge in [0.15, 0.2) is 11.5 Å². The minimum atomic E-state index is -3.52. The van der Waals surface area contributed by atoms with Gasteiger partial charge < -0.3 is 13.9 Å². The van der Waals surface area contributed by atoms with E-state index in [0.717, 1.165) is 0 Å². The molecule has 146 valence electrons. The predicted octanol–water partition coefficient (Wildman–Crippen LogP) is 2.65. The van der Waals surface area contributed by atoms with Crippen LogP contribution in [0.2, 0.25) is 0 Å². The number of aromatic nitrogens is 2. The van der Waals surface area contributed by atoms with Crippen molar-refractivity contribution in [2.45, 2.75) is 16.2 Å². The molecule has 8 nitrogen and oxygen atoms in total. The number of nitrogens with zero attached hydrogens (tertiary/aromatic N) is 2. The van der Waals surface area contributed by atoms with Crippen molar-refractivity contribution in [3.05, 3.63) is 60.5 Å². The Morgan fingerprint density at radius 2 is 1.79 bits per heavy atom. The molecule has 0 aliphatic carbocycles. The fourth-order valence-corrected chi connectivity index (χ4v) is 4.35. The predicted molar refractivity (Wildman–Crippen MR) is 102 cm³/mol. The molecule has 1 aliphatic heterocycles. The van der Waals surface area contributed by atoms with Crippen LogP contribution in [0, 0.1) is 0 Å². The molecular formula is C18H17N3O5S2. The SMILES string of the molecule is O=S(=O)(NCCSc1nnc(C2COc3ccccc3O2)o1)c1ccccc1. The fraction of sp³-hybridized carbons (Fsp3) is 0.222. The Kier molecular flexibility index (Phi) is 5.51. The lowest BCUT2D eigenvalue weighted by Gasteiger charge is -2.23. The summed E-state index contributed by atoms with van der Waals surface area (Å²) in [6.45, 7) is 0.510. The standard InChI is InChI=1S/C18H17N3O5S2/c22-28(23,13-6-2-1-3-7-13)19-10-11-27-18-21-20-17(26-18)16-12-24-14-8-4-5-9-15(14)25-16/h1-9,16,19H,10-12H2. The summed E-state index contributed by atoms with van der Waals surface area (Å²) in [5, 5.41) is 8.32. The van der Waals surface area contributed by atoms with Crippen LogP contribution in [0.15, 0.2) is 69.1 Å². The number of ether oxygens (including phenoxy) is 2. The van der Waals surface area contributed by atoms with Gasteiger partial charge in [0, 0.05) is 12.3 Å². The summed E-state index contributed by atoms with van der Waals surface area (Å²) in [6, 6.07) is 15.6. The smallest absolute Gasteiger partial charge is 0.276 e. The first-order chi connectivity index (χ1) is 13.6. The summed E-state index contributed by atoms with van der Waals surface area (Å²) in [4.78, 5) is 0.231. The summed E-state index contributed by atoms with van der Waals surface area (Å²) in [5.41, 5.74) is 0. The highest BCUT2D eigenvalue weighted by molar-refractivity contribution is 7.99. The van der Waals surface area contributed by atoms with Crippen LogP contribution in [0.5, 0.6) is 11.5 Å². The van der Waals surface area contributed by atoms with Gasteiger partial charge in [-0.25, -0.2) is 13.1 Å². The van der Waals surface area contributed by atoms with Gasteiger partial charge in [0.2, 0.25) is 16.1 Å². The number of sulfonamides is 1. The Morgan fingerprint density at radius 3 is 2.61 bits per heavy atom. The van der Waals surface area contributed by atoms with Gasteiger partial charge in [0.05, 0.1) is 4.90 Å². The van der Waals surface area contributed by atoms with Gasteiger partial charge in [-0.1, -0.05) is 42.1 Å². The molecular weight excluding hydrogens is 402 g/mol. The van der Waals surface area contributed by atoms with Gasteiger partial charge in [0.1, 0.15) is 6.61 Å². The maximum absolute atomic E-state index is 12.2. The molecule has 4 rings (SSSR count). The summed E-state index contributed by atoms with van der Waals surface area (Å²) >= 11 is 1.26. The normalized spacial score (nSPS) is 16.1. The van der Waals surface area contributed by atoms with Crippen LogP contribution < -0.4 is 14.2 Å². The van der Waals surface area contributed by atoms with Crippen molar-refractivity contribution in [3.8, 4) is 11.5 Å². The second kappa shape index (κ2) is 8.21. The number of hydrogen-bond donors (Lipinski definition) is 1. The van der Waals surface area contributed by atoms with Crippen molar-refractivity contribution in [3.63, 3.8) is 0 Å². The Morgan fingerprint density at radius 1 is 1.04 bits per heavy atom. The molecule has 28 heavy (non-hydrogen) atoms. The molecule has 10 heteroatoms. The number of para-hydroxylation sites is 2. The van der Waals surface area contributed by atoms with Crippen LogP contribution in [0.4, 0.5) is 0 Å². The fourth-order valence-electron chi connectivity index (χ4n) is 2.55. The van der Waals surface area contributed by atoms with Crippen molar-refractivity contribution >= 4 is 21.8 Å². The van der Waals surface area contributed by atoms with E-state index in [4.69, 9.17) is 13.9 Å². The van der Waals surface area contributed by atoms with Gasteiger partial charge in [-0.3, -0.25) is 0 Å². The van der Waals surface area contributed by atoms with Crippen molar-refractivity contribution in [2.75, 3.05) is 18.9 Å². The Labute approximate surface area is 166 Å². The summed E-state index contributed by atoms with van der Waals surface area (Å²) < 4.78 is 43.9. The zero-order valence-corrected chi connectivity index (χ0v) is 16.3. The number of benzene rings is 2. The van der Waals surface area contributed by atoms with E-state index in [9.17, 15) is 8.42 Å². The van der Waals surface area contributed by atoms with Crippen molar-refractivity contribution in [1.82, 2.24) is 14.9 Å². The van der Waals surface area contributed by atoms with Crippen LogP contribution in [0.1, 0.15) is 12.0 Å². The van der Waals surface area contributed by atoms with Gasteiger partial charge >= 0.3 is 0 Å². The van der Waals surface area contributed by atoms with Gasteiger partial charge in [-0.05, 0) is 24.3 Å². The van der Waals surface area contributed by atoms with Crippen molar-refractivity contribution in [1.29, 1.82) is 0 Å². The Hall–Kier alpha value is -2.56. The van der Waals surface area contributed by atoms with E-state index in [0.29, 0.717) is 28.4 Å². The summed E-state index contributed by atoms with van der Waals surface area (Å²) in [7, 11) is -3.52. The molecule has 1 unspecified atom stereocenters. The highest BCUT2D eigenvalue weighted by Gasteiger charge is 2.27. The van der Waals surface area contributed by atoms with E-state index in [1.165, 1.54) is 11.8 Å². The number of fused-ring (bicyclic) bond motifs is 1. The van der Waals surface area contributed by atoms with Crippen LogP contribution in [-0.2, 0) is 10.0 Å². The molecule has 2 aromatic carbocycles. The molecule has 0 spiro atoms. The lowest BCUT2D eigenvalue weighted by Crippen LogP contribution is -2.25. The van der Waals surface area contributed by atoms with Crippen LogP contribution >= 0.6 is 11.8 Å². The van der Waals surface area contributed by atoms with Gasteiger partial charge in [-0.2, -0.15) is 0 Å². The molecule has 3 aromatic rings. The molecule has 2 heterocycles. The minimum absolute atomic E-state index is 0.231. The maximum atomic E-state index is 12.2. The lowest BCUT2D eigenvalue weighted by atomic mass is 10.2. The molecule has 0 bridgehead atoms. The van der Waals surface area contributed by atoms with Crippen LogP contribution in [0.25, 0.3) is 0 Å². The topological polar surface area (TPSA) is 104 Å². The molecule has 0 saturated carbocycles. The largest absolute Gasteiger partial charge is 0.485 e. The van der Waals surface area contributed by atoms with Crippen molar-refractivity contribution < 1.29 is 22.3 Å². The van der Waals surface area contributed by atoms with Gasteiger partial charge in [0.25, 0.3) is 11.1 Å². The monoisotopic (exact) mass is 419 g/mol. The average Bonchev–Trinajstić information content (AvgIpc) is 3.20. The molecule has 0 saturated heterocycles. The first-order valence-corrected chi connectivity index (χ1v) is 11.0. The first kappa shape index (κ1) is 18.8. The highest BCUT2D eigenvalue weighted by atomic mass is 32.2. The van der Waals surface area contributed by atoms with E-state index in [1.54, 1.807) is 30.3 Å². The van der Waals surface area contributed by atoms with E-state index in [-0.39, 0.29) is 18.0 Å². The Balaban J connectivity index is 1.29. The third kappa shape index (κ3) is 4.29. The highest BCUT2D eigenvalue weighted by Crippen LogP contribution is 2.35. The molecule has 1 aromatic heterocycles. The van der Waals surface area contributed by atoms with Crippen molar-refractivity contribution in [2.24, 2.45) is 0 Å². The molecule has 1 atom stereocenters. The van der Waals surface area contributed by atoms with Crippen LogP contribution in [0.3, 0.4) is 0 Å². The van der Waals surface area contributed by atoms with E-state index >= 15 is 0 Å². The number of hydrogen-bond acceptors (Lipinski definition) is 8. The van der Waals surface area contributed by atoms with E-state index in [1.807, 2.05) is 24.3 Å². The minimum Gasteiger partial charge on any atom is -0.485 e. The average molecular weight is 419 g/mol. The lowest BCUT2D eigenvalue weighted by molar-refractivity contribution is 0.0686. The van der Waals surface area contributed by atoms with Gasteiger partial charge in [-0.15, -0.1) is 10.2 Å². The third-order valence-electron chi connectivity index (χ3n) is 3.88. The molecule has 0 amide bonds. The molecule has 1 aliphatic rings. The number of nitrogens with one attached hydrogen (secondary N) is 1. The zero-order chi connectivity index (χ0) is 19.4. The molecule has 0 radical (unpaired) electrons. The zero-order valence-electron chi connectivity index (χ0n) is 14.6. The Bertz CT molecular complexity index is 1040.